The van der Waals surface area contributed by atoms with E-state index < -0.39 is 0 Å². The third-order valence-corrected chi connectivity index (χ3v) is 5.77. The molecule has 4 nitrogen and oxygen atoms in total. The largest absolute Gasteiger partial charge is 0.325 e. The van der Waals surface area contributed by atoms with Crippen molar-refractivity contribution in [3.05, 3.63) is 59.7 Å². The van der Waals surface area contributed by atoms with Crippen molar-refractivity contribution in [1.29, 1.82) is 0 Å². The lowest BCUT2D eigenvalue weighted by Gasteiger charge is -2.10. The summed E-state index contributed by atoms with van der Waals surface area (Å²) in [5, 5.41) is 4.76. The highest BCUT2D eigenvalue weighted by molar-refractivity contribution is 8.00. The molecule has 0 saturated carbocycles. The van der Waals surface area contributed by atoms with Gasteiger partial charge in [0.05, 0.1) is 22.0 Å². The zero-order valence-electron chi connectivity index (χ0n) is 15.4. The van der Waals surface area contributed by atoms with Gasteiger partial charge in [0.1, 0.15) is 0 Å². The van der Waals surface area contributed by atoms with E-state index in [4.69, 9.17) is 0 Å². The zero-order chi connectivity index (χ0) is 19.4. The predicted octanol–water partition coefficient (Wildman–Crippen LogP) is 5.20. The first-order valence-corrected chi connectivity index (χ1v) is 10.7. The van der Waals surface area contributed by atoms with Crippen LogP contribution in [0.25, 0.3) is 10.9 Å². The first kappa shape index (κ1) is 19.5. The number of carbonyl (C=O) groups is 2. The molecule has 0 bridgehead atoms. The van der Waals surface area contributed by atoms with Gasteiger partial charge in [0, 0.05) is 22.8 Å². The molecule has 1 heterocycles. The molecule has 0 unspecified atom stereocenters. The van der Waals surface area contributed by atoms with E-state index in [2.05, 4.69) is 23.3 Å². The van der Waals surface area contributed by atoms with Crippen LogP contribution in [0.15, 0.2) is 58.5 Å². The van der Waals surface area contributed by atoms with E-state index in [1.807, 2.05) is 36.6 Å². The first-order chi connectivity index (χ1) is 13.0. The number of pyridine rings is 1. The molecule has 1 N–H and O–H groups in total. The van der Waals surface area contributed by atoms with Crippen molar-refractivity contribution in [3.8, 4) is 0 Å². The number of anilines is 1. The number of ketones is 1. The van der Waals surface area contributed by atoms with Crippen molar-refractivity contribution in [1.82, 2.24) is 4.98 Å². The van der Waals surface area contributed by atoms with E-state index >= 15 is 0 Å². The maximum absolute atomic E-state index is 12.6. The van der Waals surface area contributed by atoms with Gasteiger partial charge in [-0.15, -0.1) is 11.8 Å². The molecule has 2 aromatic carbocycles. The van der Waals surface area contributed by atoms with Crippen molar-refractivity contribution in [3.63, 3.8) is 0 Å². The van der Waals surface area contributed by atoms with E-state index in [9.17, 15) is 9.59 Å². The number of carbonyl (C=O) groups excluding carboxylic acids is 2. The lowest BCUT2D eigenvalue weighted by atomic mass is 10.1. The minimum Gasteiger partial charge on any atom is -0.325 e. The Balaban J connectivity index is 1.75. The van der Waals surface area contributed by atoms with Crippen LogP contribution in [0, 0.1) is 6.92 Å². The maximum Gasteiger partial charge on any atom is 0.221 e. The molecule has 0 aliphatic heterocycles. The number of hydrogen-bond acceptors (Lipinski definition) is 5. The van der Waals surface area contributed by atoms with Crippen LogP contribution in [0.1, 0.15) is 22.8 Å². The fourth-order valence-electron chi connectivity index (χ4n) is 2.77. The SMILES string of the molecule is CSc1cc(C(=O)CSc2cc(C)c3ccccc3n2)ccc1NC(C)=O. The van der Waals surface area contributed by atoms with Crippen LogP contribution in [-0.2, 0) is 4.79 Å². The summed E-state index contributed by atoms with van der Waals surface area (Å²) in [6.45, 7) is 3.53. The number of nitrogens with one attached hydrogen (secondary N) is 1. The number of nitrogens with zero attached hydrogens (tertiary/aromatic N) is 1. The second-order valence-corrected chi connectivity index (χ2v) is 7.95. The van der Waals surface area contributed by atoms with Gasteiger partial charge in [-0.3, -0.25) is 9.59 Å². The number of benzene rings is 2. The van der Waals surface area contributed by atoms with Crippen molar-refractivity contribution in [2.75, 3.05) is 17.3 Å². The molecule has 0 spiro atoms. The molecule has 27 heavy (non-hydrogen) atoms. The van der Waals surface area contributed by atoms with Crippen LogP contribution >= 0.6 is 23.5 Å². The van der Waals surface area contributed by atoms with Crippen LogP contribution in [0.3, 0.4) is 0 Å². The normalized spacial score (nSPS) is 10.8. The van der Waals surface area contributed by atoms with Crippen molar-refractivity contribution in [2.45, 2.75) is 23.8 Å². The van der Waals surface area contributed by atoms with Crippen molar-refractivity contribution < 1.29 is 9.59 Å². The molecule has 6 heteroatoms. The number of amides is 1. The number of rotatable bonds is 6. The zero-order valence-corrected chi connectivity index (χ0v) is 17.0. The minimum absolute atomic E-state index is 0.0392. The van der Waals surface area contributed by atoms with Crippen LogP contribution in [0.4, 0.5) is 5.69 Å². The molecule has 138 valence electrons. The molecule has 3 rings (SSSR count). The van der Waals surface area contributed by atoms with Crippen molar-refractivity contribution >= 4 is 51.8 Å². The van der Waals surface area contributed by atoms with Crippen molar-refractivity contribution in [2.24, 2.45) is 0 Å². The number of aryl methyl sites for hydroxylation is 1. The molecule has 0 saturated heterocycles. The van der Waals surface area contributed by atoms with Crippen LogP contribution < -0.4 is 5.32 Å². The van der Waals surface area contributed by atoms with E-state index in [0.29, 0.717) is 11.3 Å². The van der Waals surface area contributed by atoms with Gasteiger partial charge in [0.25, 0.3) is 0 Å². The van der Waals surface area contributed by atoms with Gasteiger partial charge in [-0.25, -0.2) is 4.98 Å². The van der Waals surface area contributed by atoms with E-state index in [1.54, 1.807) is 12.1 Å². The third kappa shape index (κ3) is 4.70. The first-order valence-electron chi connectivity index (χ1n) is 8.46. The fraction of sp³-hybridized carbons (Fsp3) is 0.190. The van der Waals surface area contributed by atoms with Crippen LogP contribution in [-0.4, -0.2) is 28.7 Å². The summed E-state index contributed by atoms with van der Waals surface area (Å²) >= 11 is 2.94. The highest BCUT2D eigenvalue weighted by Gasteiger charge is 2.12. The van der Waals surface area contributed by atoms with Gasteiger partial charge in [0.15, 0.2) is 5.78 Å². The summed E-state index contributed by atoms with van der Waals surface area (Å²) in [6, 6.07) is 15.4. The Kier molecular flexibility index (Phi) is 6.19. The molecule has 1 aromatic heterocycles. The third-order valence-electron chi connectivity index (χ3n) is 4.08. The Morgan fingerprint density at radius 2 is 1.89 bits per heavy atom. The van der Waals surface area contributed by atoms with Gasteiger partial charge < -0.3 is 5.32 Å². The lowest BCUT2D eigenvalue weighted by Crippen LogP contribution is -2.08. The van der Waals surface area contributed by atoms with E-state index in [-0.39, 0.29) is 11.7 Å². The Labute approximate surface area is 167 Å². The van der Waals surface area contributed by atoms with Crippen LogP contribution in [0.2, 0.25) is 0 Å². The molecule has 0 atom stereocenters. The summed E-state index contributed by atoms with van der Waals surface area (Å²) in [7, 11) is 0. The van der Waals surface area contributed by atoms with E-state index in [0.717, 1.165) is 32.1 Å². The molecular formula is C21H20N2O2S2. The Hall–Kier alpha value is -2.31. The van der Waals surface area contributed by atoms with E-state index in [1.165, 1.54) is 30.4 Å². The predicted molar refractivity (Wildman–Crippen MR) is 114 cm³/mol. The average Bonchev–Trinajstić information content (AvgIpc) is 2.66. The number of hydrogen-bond donors (Lipinski definition) is 1. The quantitative estimate of drug-likeness (QED) is 0.458. The molecule has 3 aromatic rings. The smallest absolute Gasteiger partial charge is 0.221 e. The number of Topliss-reactive ketones (excluding diaryl/α,β-unsaturated/α-hetero) is 1. The minimum atomic E-state index is -0.127. The fourth-order valence-corrected chi connectivity index (χ4v) is 4.23. The number of para-hydroxylation sites is 1. The van der Waals surface area contributed by atoms with Crippen LogP contribution in [0.5, 0.6) is 0 Å². The van der Waals surface area contributed by atoms with Gasteiger partial charge in [-0.2, -0.15) is 0 Å². The average molecular weight is 397 g/mol. The Morgan fingerprint density at radius 1 is 1.11 bits per heavy atom. The highest BCUT2D eigenvalue weighted by Crippen LogP contribution is 2.28. The highest BCUT2D eigenvalue weighted by atomic mass is 32.2. The monoisotopic (exact) mass is 396 g/mol. The molecule has 1 amide bonds. The van der Waals surface area contributed by atoms with Gasteiger partial charge in [0.2, 0.25) is 5.91 Å². The van der Waals surface area contributed by atoms with Gasteiger partial charge in [-0.05, 0) is 49.1 Å². The summed E-state index contributed by atoms with van der Waals surface area (Å²) in [5.74, 6) is 0.230. The standard InChI is InChI=1S/C21H20N2O2S2/c1-13-10-21(23-17-7-5-4-6-16(13)17)27-12-19(25)15-8-9-18(22-14(2)24)20(11-15)26-3/h4-11H,12H2,1-3H3,(H,22,24). The second-order valence-electron chi connectivity index (χ2n) is 6.10. The number of thioether (sulfide) groups is 2. The summed E-state index contributed by atoms with van der Waals surface area (Å²) in [4.78, 5) is 29.4. The Bertz CT molecular complexity index is 1020. The van der Waals surface area contributed by atoms with Gasteiger partial charge >= 0.3 is 0 Å². The maximum atomic E-state index is 12.6. The Morgan fingerprint density at radius 3 is 2.63 bits per heavy atom. The summed E-state index contributed by atoms with van der Waals surface area (Å²) in [5.41, 5.74) is 3.46. The molecular weight excluding hydrogens is 376 g/mol. The topological polar surface area (TPSA) is 59.1 Å². The molecule has 0 fully saturated rings. The second kappa shape index (κ2) is 8.59. The molecule has 0 radical (unpaired) electrons. The summed E-state index contributed by atoms with van der Waals surface area (Å²) < 4.78 is 0. The molecule has 0 aliphatic rings. The number of aromatic nitrogens is 1. The summed E-state index contributed by atoms with van der Waals surface area (Å²) in [6.07, 6.45) is 1.92. The number of fused-ring (bicyclic) bond motifs is 1. The lowest BCUT2D eigenvalue weighted by molar-refractivity contribution is -0.114. The van der Waals surface area contributed by atoms with Gasteiger partial charge in [-0.1, -0.05) is 30.0 Å². The molecule has 0 aliphatic carbocycles.